The summed E-state index contributed by atoms with van der Waals surface area (Å²) in [7, 11) is 0. The van der Waals surface area contributed by atoms with Gasteiger partial charge in [0, 0.05) is 18.9 Å². The van der Waals surface area contributed by atoms with Crippen molar-refractivity contribution in [1.82, 2.24) is 15.0 Å². The fourth-order valence-corrected chi connectivity index (χ4v) is 1.47. The van der Waals surface area contributed by atoms with Gasteiger partial charge in [0.15, 0.2) is 0 Å². The maximum absolute atomic E-state index is 12.6. The Kier molecular flexibility index (Phi) is 5.70. The quantitative estimate of drug-likeness (QED) is 0.429. The van der Waals surface area contributed by atoms with Crippen molar-refractivity contribution >= 4 is 0 Å². The number of nitrogens with two attached hydrogens (primary N) is 1. The van der Waals surface area contributed by atoms with Gasteiger partial charge in [0.05, 0.1) is 6.61 Å². The average molecular weight is 284 g/mol. The molecule has 0 saturated carbocycles. The molecule has 1 heterocycles. The molecule has 0 aliphatic carbocycles. The van der Waals surface area contributed by atoms with Gasteiger partial charge in [0.2, 0.25) is 0 Å². The molecule has 0 saturated heterocycles. The summed E-state index contributed by atoms with van der Waals surface area (Å²) in [6, 6.07) is -0.650. The van der Waals surface area contributed by atoms with E-state index in [4.69, 9.17) is 5.84 Å². The van der Waals surface area contributed by atoms with Gasteiger partial charge in [-0.05, 0) is 6.92 Å². The molecule has 0 amide bonds. The number of hydrogen-bond donors (Lipinski definition) is 2. The van der Waals surface area contributed by atoms with Gasteiger partial charge in [0.1, 0.15) is 18.5 Å². The minimum atomic E-state index is -4.17. The number of aryl methyl sites for hydroxylation is 1. The predicted molar refractivity (Wildman–Crippen MR) is 59.7 cm³/mol. The van der Waals surface area contributed by atoms with Crippen molar-refractivity contribution in [2.24, 2.45) is 5.84 Å². The third-order valence-electron chi connectivity index (χ3n) is 2.50. The SMILES string of the molecule is CCn1ccnc1C(COCC(F)(F)C(F)F)NN. The third-order valence-corrected chi connectivity index (χ3v) is 2.50. The van der Waals surface area contributed by atoms with Crippen LogP contribution in [0, 0.1) is 0 Å². The van der Waals surface area contributed by atoms with E-state index in [2.05, 4.69) is 15.1 Å². The molecule has 9 heteroatoms. The number of nitrogens with one attached hydrogen (secondary N) is 1. The van der Waals surface area contributed by atoms with E-state index in [1.807, 2.05) is 6.92 Å². The Morgan fingerprint density at radius 2 is 2.21 bits per heavy atom. The maximum Gasteiger partial charge on any atom is 0.330 e. The highest BCUT2D eigenvalue weighted by molar-refractivity contribution is 4.99. The van der Waals surface area contributed by atoms with Crippen LogP contribution in [-0.2, 0) is 11.3 Å². The summed E-state index contributed by atoms with van der Waals surface area (Å²) in [6.07, 6.45) is -0.543. The van der Waals surface area contributed by atoms with Crippen LogP contribution in [0.5, 0.6) is 0 Å². The zero-order valence-corrected chi connectivity index (χ0v) is 10.3. The zero-order chi connectivity index (χ0) is 14.5. The lowest BCUT2D eigenvalue weighted by Crippen LogP contribution is -2.37. The highest BCUT2D eigenvalue weighted by Gasteiger charge is 2.41. The van der Waals surface area contributed by atoms with Gasteiger partial charge in [-0.15, -0.1) is 0 Å². The van der Waals surface area contributed by atoms with E-state index in [0.717, 1.165) is 0 Å². The van der Waals surface area contributed by atoms with E-state index in [1.165, 1.54) is 6.20 Å². The molecule has 0 bridgehead atoms. The Bertz CT molecular complexity index is 385. The molecule has 0 aliphatic heterocycles. The molecule has 19 heavy (non-hydrogen) atoms. The van der Waals surface area contributed by atoms with Crippen molar-refractivity contribution in [3.63, 3.8) is 0 Å². The van der Waals surface area contributed by atoms with Crippen LogP contribution in [0.3, 0.4) is 0 Å². The Morgan fingerprint density at radius 3 is 2.74 bits per heavy atom. The maximum atomic E-state index is 12.6. The van der Waals surface area contributed by atoms with Crippen molar-refractivity contribution in [2.45, 2.75) is 31.9 Å². The van der Waals surface area contributed by atoms with E-state index >= 15 is 0 Å². The van der Waals surface area contributed by atoms with Crippen LogP contribution < -0.4 is 11.3 Å². The molecule has 1 aromatic heterocycles. The molecule has 1 unspecified atom stereocenters. The highest BCUT2D eigenvalue weighted by atomic mass is 19.3. The largest absolute Gasteiger partial charge is 0.373 e. The van der Waals surface area contributed by atoms with Gasteiger partial charge in [0.25, 0.3) is 0 Å². The van der Waals surface area contributed by atoms with Crippen LogP contribution in [0.1, 0.15) is 18.8 Å². The molecule has 0 spiro atoms. The second-order valence-electron chi connectivity index (χ2n) is 3.87. The van der Waals surface area contributed by atoms with Gasteiger partial charge in [-0.25, -0.2) is 19.2 Å². The second-order valence-corrected chi connectivity index (χ2v) is 3.87. The van der Waals surface area contributed by atoms with Crippen molar-refractivity contribution in [1.29, 1.82) is 0 Å². The van der Waals surface area contributed by atoms with Crippen LogP contribution >= 0.6 is 0 Å². The number of ether oxygens (including phenoxy) is 1. The lowest BCUT2D eigenvalue weighted by Gasteiger charge is -2.19. The van der Waals surface area contributed by atoms with Gasteiger partial charge >= 0.3 is 12.3 Å². The van der Waals surface area contributed by atoms with Crippen LogP contribution in [0.15, 0.2) is 12.4 Å². The average Bonchev–Trinajstić information content (AvgIpc) is 2.82. The van der Waals surface area contributed by atoms with Crippen molar-refractivity contribution in [2.75, 3.05) is 13.2 Å². The molecule has 0 radical (unpaired) electrons. The number of aromatic nitrogens is 2. The highest BCUT2D eigenvalue weighted by Crippen LogP contribution is 2.23. The van der Waals surface area contributed by atoms with Crippen molar-refractivity contribution in [3.05, 3.63) is 18.2 Å². The molecule has 1 atom stereocenters. The van der Waals surface area contributed by atoms with Crippen molar-refractivity contribution < 1.29 is 22.3 Å². The normalized spacial score (nSPS) is 14.1. The van der Waals surface area contributed by atoms with E-state index < -0.39 is 25.0 Å². The van der Waals surface area contributed by atoms with Crippen molar-refractivity contribution in [3.8, 4) is 0 Å². The summed E-state index contributed by atoms with van der Waals surface area (Å²) in [6.45, 7) is 0.830. The fourth-order valence-electron chi connectivity index (χ4n) is 1.47. The topological polar surface area (TPSA) is 65.1 Å². The summed E-state index contributed by atoms with van der Waals surface area (Å²) in [5.41, 5.74) is 2.35. The number of hydrogen-bond acceptors (Lipinski definition) is 4. The van der Waals surface area contributed by atoms with E-state index in [9.17, 15) is 17.6 Å². The van der Waals surface area contributed by atoms with Crippen LogP contribution in [0.25, 0.3) is 0 Å². The molecule has 0 aliphatic rings. The number of nitrogens with zero attached hydrogens (tertiary/aromatic N) is 2. The van der Waals surface area contributed by atoms with Crippen LogP contribution in [-0.4, -0.2) is 35.1 Å². The number of imidazole rings is 1. The van der Waals surface area contributed by atoms with Gasteiger partial charge in [-0.3, -0.25) is 5.84 Å². The number of hydrazine groups is 1. The summed E-state index contributed by atoms with van der Waals surface area (Å²) in [5.74, 6) is 1.60. The molecule has 3 N–H and O–H groups in total. The first kappa shape index (κ1) is 15.9. The Morgan fingerprint density at radius 1 is 1.53 bits per heavy atom. The number of rotatable bonds is 8. The Balaban J connectivity index is 2.55. The smallest absolute Gasteiger partial charge is 0.330 e. The van der Waals surface area contributed by atoms with E-state index in [-0.39, 0.29) is 6.61 Å². The molecular formula is C10H16F4N4O. The first-order valence-corrected chi connectivity index (χ1v) is 5.63. The molecule has 110 valence electrons. The zero-order valence-electron chi connectivity index (χ0n) is 10.3. The van der Waals surface area contributed by atoms with Crippen LogP contribution in [0.4, 0.5) is 17.6 Å². The summed E-state index contributed by atoms with van der Waals surface area (Å²) in [4.78, 5) is 4.01. The number of alkyl halides is 4. The Hall–Kier alpha value is -1.19. The standard InChI is InChI=1S/C10H16F4N4O/c1-2-18-4-3-16-8(18)7(17-15)5-19-6-10(13,14)9(11)12/h3-4,7,9,17H,2,5-6,15H2,1H3. The third kappa shape index (κ3) is 4.15. The summed E-state index contributed by atoms with van der Waals surface area (Å²) >= 11 is 0. The first-order valence-electron chi connectivity index (χ1n) is 5.63. The van der Waals surface area contributed by atoms with E-state index in [0.29, 0.717) is 12.4 Å². The molecule has 0 fully saturated rings. The molecule has 5 nitrogen and oxygen atoms in total. The summed E-state index contributed by atoms with van der Waals surface area (Å²) in [5, 5.41) is 0. The minimum absolute atomic E-state index is 0.282. The molecule has 1 aromatic rings. The molecule has 1 rings (SSSR count). The summed E-state index contributed by atoms with van der Waals surface area (Å²) < 4.78 is 55.5. The molecular weight excluding hydrogens is 268 g/mol. The molecule has 0 aromatic carbocycles. The Labute approximate surface area is 107 Å². The lowest BCUT2D eigenvalue weighted by molar-refractivity contribution is -0.167. The van der Waals surface area contributed by atoms with Crippen LogP contribution in [0.2, 0.25) is 0 Å². The minimum Gasteiger partial charge on any atom is -0.373 e. The predicted octanol–water partition coefficient (Wildman–Crippen LogP) is 1.32. The van der Waals surface area contributed by atoms with Gasteiger partial charge in [-0.2, -0.15) is 8.78 Å². The lowest BCUT2D eigenvalue weighted by atomic mass is 10.3. The fraction of sp³-hybridized carbons (Fsp3) is 0.700. The first-order chi connectivity index (χ1) is 8.92. The van der Waals surface area contributed by atoms with Gasteiger partial charge in [-0.1, -0.05) is 0 Å². The monoisotopic (exact) mass is 284 g/mol. The number of halogens is 4. The van der Waals surface area contributed by atoms with E-state index in [1.54, 1.807) is 10.8 Å². The second kappa shape index (κ2) is 6.83. The van der Waals surface area contributed by atoms with Gasteiger partial charge < -0.3 is 9.30 Å².